The molecule has 0 aromatic heterocycles. The standard InChI is InChI=1S/C6H12F3NO2S2/c1-5(2,3)13(4)10-14(11,12)6(7,8)9/h10H,4H2,1-3H3. The van der Waals surface area contributed by atoms with Gasteiger partial charge in [0.1, 0.15) is 0 Å². The molecule has 1 unspecified atom stereocenters. The molecule has 0 bridgehead atoms. The Morgan fingerprint density at radius 3 is 1.79 bits per heavy atom. The molecule has 0 radical (unpaired) electrons. The molecular weight excluding hydrogens is 239 g/mol. The summed E-state index contributed by atoms with van der Waals surface area (Å²) in [6.45, 7) is 4.80. The predicted octanol–water partition coefficient (Wildman–Crippen LogP) is 1.84. The van der Waals surface area contributed by atoms with Crippen LogP contribution in [0.25, 0.3) is 0 Å². The Kier molecular flexibility index (Phi) is 3.80. The van der Waals surface area contributed by atoms with Gasteiger partial charge in [-0.05, 0) is 0 Å². The van der Waals surface area contributed by atoms with Gasteiger partial charge < -0.3 is 0 Å². The first-order chi connectivity index (χ1) is 5.88. The van der Waals surface area contributed by atoms with E-state index in [2.05, 4.69) is 5.87 Å². The molecule has 0 aliphatic heterocycles. The van der Waals surface area contributed by atoms with Crippen LogP contribution in [0.2, 0.25) is 0 Å². The monoisotopic (exact) mass is 251 g/mol. The zero-order valence-electron chi connectivity index (χ0n) is 7.97. The van der Waals surface area contributed by atoms with Crippen molar-refractivity contribution in [2.75, 3.05) is 0 Å². The first-order valence-corrected chi connectivity index (χ1v) is 6.38. The quantitative estimate of drug-likeness (QED) is 0.761. The fourth-order valence-electron chi connectivity index (χ4n) is 0.305. The minimum Gasteiger partial charge on any atom is -0.202 e. The molecule has 0 saturated carbocycles. The van der Waals surface area contributed by atoms with Crippen LogP contribution in [-0.4, -0.2) is 24.5 Å². The minimum atomic E-state index is -5.28. The van der Waals surface area contributed by atoms with Gasteiger partial charge in [0, 0.05) is 4.75 Å². The summed E-state index contributed by atoms with van der Waals surface area (Å²) in [7, 11) is -6.59. The summed E-state index contributed by atoms with van der Waals surface area (Å²) in [5.41, 5.74) is -5.28. The smallest absolute Gasteiger partial charge is 0.202 e. The Morgan fingerprint density at radius 2 is 1.57 bits per heavy atom. The van der Waals surface area contributed by atoms with Crippen molar-refractivity contribution in [1.29, 1.82) is 0 Å². The van der Waals surface area contributed by atoms with E-state index >= 15 is 0 Å². The molecule has 14 heavy (non-hydrogen) atoms. The number of hydrogen-bond donors (Lipinski definition) is 1. The van der Waals surface area contributed by atoms with E-state index in [9.17, 15) is 21.6 Å². The highest BCUT2D eigenvalue weighted by Gasteiger charge is 2.46. The van der Waals surface area contributed by atoms with Crippen LogP contribution in [0.5, 0.6) is 0 Å². The zero-order valence-corrected chi connectivity index (χ0v) is 9.61. The largest absolute Gasteiger partial charge is 0.512 e. The second kappa shape index (κ2) is 3.82. The summed E-state index contributed by atoms with van der Waals surface area (Å²) < 4.78 is 57.9. The Morgan fingerprint density at radius 1 is 1.21 bits per heavy atom. The number of halogens is 3. The maximum absolute atomic E-state index is 11.9. The van der Waals surface area contributed by atoms with Crippen LogP contribution in [0, 0.1) is 0 Å². The SMILES string of the molecule is C=S(NS(=O)(=O)C(F)(F)F)C(C)(C)C. The summed E-state index contributed by atoms with van der Waals surface area (Å²) in [5, 5.41) is 0. The lowest BCUT2D eigenvalue weighted by Gasteiger charge is -2.24. The molecule has 0 rings (SSSR count). The Hall–Kier alpha value is -0.0800. The molecule has 0 spiro atoms. The number of hydrogen-bond acceptors (Lipinski definition) is 2. The highest BCUT2D eigenvalue weighted by atomic mass is 32.3. The third-order valence-electron chi connectivity index (χ3n) is 1.25. The van der Waals surface area contributed by atoms with E-state index in [0.29, 0.717) is 0 Å². The highest BCUT2D eigenvalue weighted by Crippen LogP contribution is 2.31. The normalized spacial score (nSPS) is 16.7. The Balaban J connectivity index is 4.82. The zero-order chi connectivity index (χ0) is 11.8. The van der Waals surface area contributed by atoms with Gasteiger partial charge in [-0.25, -0.2) is 8.42 Å². The highest BCUT2D eigenvalue weighted by molar-refractivity contribution is 8.20. The van der Waals surface area contributed by atoms with Crippen molar-refractivity contribution < 1.29 is 21.6 Å². The van der Waals surface area contributed by atoms with Crippen molar-refractivity contribution in [3.05, 3.63) is 0 Å². The van der Waals surface area contributed by atoms with E-state index in [-0.39, 0.29) is 0 Å². The molecule has 8 heteroatoms. The summed E-state index contributed by atoms with van der Waals surface area (Å²) in [4.78, 5) is 0. The van der Waals surface area contributed by atoms with Crippen LogP contribution < -0.4 is 4.13 Å². The van der Waals surface area contributed by atoms with Gasteiger partial charge in [0.2, 0.25) is 0 Å². The van der Waals surface area contributed by atoms with Crippen molar-refractivity contribution in [3.8, 4) is 0 Å². The van der Waals surface area contributed by atoms with E-state index in [1.165, 1.54) is 4.13 Å². The third kappa shape index (κ3) is 3.58. The van der Waals surface area contributed by atoms with Crippen LogP contribution >= 0.6 is 10.7 Å². The van der Waals surface area contributed by atoms with Crippen LogP contribution in [0.1, 0.15) is 20.8 Å². The predicted molar refractivity (Wildman–Crippen MR) is 52.6 cm³/mol. The molecule has 0 aliphatic rings. The van der Waals surface area contributed by atoms with E-state index in [1.54, 1.807) is 20.8 Å². The van der Waals surface area contributed by atoms with Gasteiger partial charge in [0.25, 0.3) is 0 Å². The molecule has 0 aromatic carbocycles. The fourth-order valence-corrected chi connectivity index (χ4v) is 2.74. The Bertz CT molecular complexity index is 326. The van der Waals surface area contributed by atoms with Crippen LogP contribution in [-0.2, 0) is 10.0 Å². The fraction of sp³-hybridized carbons (Fsp3) is 0.833. The maximum atomic E-state index is 11.9. The van der Waals surface area contributed by atoms with Crippen LogP contribution in [0.15, 0.2) is 0 Å². The van der Waals surface area contributed by atoms with Gasteiger partial charge in [-0.1, -0.05) is 26.6 Å². The van der Waals surface area contributed by atoms with Crippen LogP contribution in [0.4, 0.5) is 13.2 Å². The van der Waals surface area contributed by atoms with Gasteiger partial charge in [-0.2, -0.15) is 17.3 Å². The van der Waals surface area contributed by atoms with Gasteiger partial charge in [-0.15, -0.1) is 10.7 Å². The molecule has 0 saturated heterocycles. The molecule has 1 N–H and O–H groups in total. The number of rotatable bonds is 2. The Labute approximate surface area is 83.8 Å². The molecule has 86 valence electrons. The molecule has 0 fully saturated rings. The molecule has 0 heterocycles. The van der Waals surface area contributed by atoms with Gasteiger partial charge in [0.05, 0.1) is 0 Å². The van der Waals surface area contributed by atoms with Gasteiger partial charge in [0.15, 0.2) is 0 Å². The van der Waals surface area contributed by atoms with Gasteiger partial charge >= 0.3 is 15.5 Å². The lowest BCUT2D eigenvalue weighted by Crippen LogP contribution is -2.36. The number of nitrogens with one attached hydrogen (secondary N) is 1. The summed E-state index contributed by atoms with van der Waals surface area (Å²) in [5.74, 6) is 3.35. The summed E-state index contributed by atoms with van der Waals surface area (Å²) in [6.07, 6.45) is 0. The van der Waals surface area contributed by atoms with E-state index in [4.69, 9.17) is 0 Å². The van der Waals surface area contributed by atoms with Crippen molar-refractivity contribution in [2.24, 2.45) is 0 Å². The van der Waals surface area contributed by atoms with E-state index in [1.807, 2.05) is 0 Å². The average Bonchev–Trinajstić information content (AvgIpc) is 1.80. The van der Waals surface area contributed by atoms with E-state index < -0.39 is 30.9 Å². The molecule has 1 atom stereocenters. The third-order valence-corrected chi connectivity index (χ3v) is 5.02. The second-order valence-corrected chi connectivity index (χ2v) is 7.68. The van der Waals surface area contributed by atoms with Crippen molar-refractivity contribution >= 4 is 26.6 Å². The first kappa shape index (κ1) is 13.9. The van der Waals surface area contributed by atoms with Crippen molar-refractivity contribution in [3.63, 3.8) is 0 Å². The topological polar surface area (TPSA) is 46.2 Å². The minimum absolute atomic E-state index is 0.641. The average molecular weight is 251 g/mol. The lowest BCUT2D eigenvalue weighted by molar-refractivity contribution is -0.0440. The van der Waals surface area contributed by atoms with Crippen LogP contribution in [0.3, 0.4) is 0 Å². The van der Waals surface area contributed by atoms with Gasteiger partial charge in [-0.3, -0.25) is 0 Å². The molecule has 0 aliphatic carbocycles. The maximum Gasteiger partial charge on any atom is 0.512 e. The lowest BCUT2D eigenvalue weighted by atomic mass is 10.3. The molecule has 3 nitrogen and oxygen atoms in total. The van der Waals surface area contributed by atoms with E-state index in [0.717, 1.165) is 0 Å². The molecule has 0 amide bonds. The van der Waals surface area contributed by atoms with Crippen molar-refractivity contribution in [2.45, 2.75) is 31.0 Å². The number of sulfonamides is 1. The molecule has 0 aromatic rings. The summed E-state index contributed by atoms with van der Waals surface area (Å²) in [6, 6.07) is 0. The first-order valence-electron chi connectivity index (χ1n) is 3.51. The molecular formula is C6H12F3NO2S2. The summed E-state index contributed by atoms with van der Waals surface area (Å²) >= 11 is 0. The van der Waals surface area contributed by atoms with Crippen molar-refractivity contribution in [1.82, 2.24) is 4.13 Å². The second-order valence-electron chi connectivity index (χ2n) is 3.54. The number of alkyl halides is 3.